The van der Waals surface area contributed by atoms with E-state index in [4.69, 9.17) is 9.63 Å². The fraction of sp³-hybridized carbons (Fsp3) is 0.385. The summed E-state index contributed by atoms with van der Waals surface area (Å²) in [6, 6.07) is 0.669. The SMILES string of the molecule is CCC(NC(=O)c1cc(C)nc2onc(C)c12)C(=O)O. The van der Waals surface area contributed by atoms with Gasteiger partial charge in [-0.25, -0.2) is 9.78 Å². The number of aliphatic carboxylic acids is 1. The highest BCUT2D eigenvalue weighted by Crippen LogP contribution is 2.21. The van der Waals surface area contributed by atoms with Crippen LogP contribution in [0.1, 0.15) is 35.1 Å². The van der Waals surface area contributed by atoms with E-state index in [1.165, 1.54) is 0 Å². The van der Waals surface area contributed by atoms with Crippen LogP contribution in [-0.4, -0.2) is 33.2 Å². The van der Waals surface area contributed by atoms with Crippen LogP contribution in [0.4, 0.5) is 0 Å². The summed E-state index contributed by atoms with van der Waals surface area (Å²) < 4.78 is 5.04. The number of aromatic nitrogens is 2. The van der Waals surface area contributed by atoms with Crippen LogP contribution in [0.2, 0.25) is 0 Å². The molecule has 1 amide bonds. The van der Waals surface area contributed by atoms with E-state index in [0.717, 1.165) is 0 Å². The number of carboxylic acids is 1. The number of rotatable bonds is 4. The lowest BCUT2D eigenvalue weighted by Gasteiger charge is -2.12. The van der Waals surface area contributed by atoms with Crippen LogP contribution < -0.4 is 5.32 Å². The lowest BCUT2D eigenvalue weighted by atomic mass is 10.1. The van der Waals surface area contributed by atoms with E-state index in [2.05, 4.69) is 15.5 Å². The van der Waals surface area contributed by atoms with Gasteiger partial charge in [0.15, 0.2) is 0 Å². The zero-order valence-electron chi connectivity index (χ0n) is 11.4. The summed E-state index contributed by atoms with van der Waals surface area (Å²) in [5, 5.41) is 15.8. The van der Waals surface area contributed by atoms with Gasteiger partial charge in [-0.2, -0.15) is 0 Å². The van der Waals surface area contributed by atoms with Crippen molar-refractivity contribution in [3.05, 3.63) is 23.0 Å². The van der Waals surface area contributed by atoms with Crippen LogP contribution in [0.25, 0.3) is 11.1 Å². The summed E-state index contributed by atoms with van der Waals surface area (Å²) in [4.78, 5) is 27.4. The van der Waals surface area contributed by atoms with Gasteiger partial charge in [0.2, 0.25) is 0 Å². The maximum absolute atomic E-state index is 12.3. The zero-order chi connectivity index (χ0) is 14.9. The van der Waals surface area contributed by atoms with Gasteiger partial charge in [-0.15, -0.1) is 0 Å². The number of carbonyl (C=O) groups is 2. The molecule has 0 aliphatic carbocycles. The third kappa shape index (κ3) is 2.47. The molecule has 20 heavy (non-hydrogen) atoms. The first-order chi connectivity index (χ1) is 9.43. The quantitative estimate of drug-likeness (QED) is 0.875. The van der Waals surface area contributed by atoms with Crippen LogP contribution in [0.5, 0.6) is 0 Å². The van der Waals surface area contributed by atoms with Crippen LogP contribution in [-0.2, 0) is 4.79 Å². The summed E-state index contributed by atoms with van der Waals surface area (Å²) in [5.74, 6) is -1.54. The molecule has 1 unspecified atom stereocenters. The average Bonchev–Trinajstić information content (AvgIpc) is 2.75. The Hall–Kier alpha value is -2.44. The maximum atomic E-state index is 12.3. The third-order valence-electron chi connectivity index (χ3n) is 3.00. The molecule has 2 aromatic heterocycles. The minimum atomic E-state index is -1.06. The van der Waals surface area contributed by atoms with E-state index in [1.807, 2.05) is 0 Å². The van der Waals surface area contributed by atoms with E-state index in [-0.39, 0.29) is 5.71 Å². The lowest BCUT2D eigenvalue weighted by molar-refractivity contribution is -0.139. The fourth-order valence-electron chi connectivity index (χ4n) is 1.97. The van der Waals surface area contributed by atoms with Crippen molar-refractivity contribution in [2.24, 2.45) is 0 Å². The predicted molar refractivity (Wildman–Crippen MR) is 70.5 cm³/mol. The first-order valence-corrected chi connectivity index (χ1v) is 6.21. The average molecular weight is 277 g/mol. The zero-order valence-corrected chi connectivity index (χ0v) is 11.4. The molecular formula is C13H15N3O4. The fourth-order valence-corrected chi connectivity index (χ4v) is 1.97. The number of aryl methyl sites for hydroxylation is 2. The lowest BCUT2D eigenvalue weighted by Crippen LogP contribution is -2.40. The molecule has 0 saturated heterocycles. The Balaban J connectivity index is 2.44. The van der Waals surface area contributed by atoms with E-state index >= 15 is 0 Å². The summed E-state index contributed by atoms with van der Waals surface area (Å²) in [6.45, 7) is 5.12. The molecule has 2 N–H and O–H groups in total. The molecule has 0 aliphatic rings. The normalized spacial score (nSPS) is 12.3. The molecular weight excluding hydrogens is 262 g/mol. The minimum absolute atomic E-state index is 0.274. The van der Waals surface area contributed by atoms with Crippen molar-refractivity contribution < 1.29 is 19.2 Å². The van der Waals surface area contributed by atoms with Gasteiger partial charge >= 0.3 is 5.97 Å². The highest BCUT2D eigenvalue weighted by molar-refractivity contribution is 6.07. The first-order valence-electron chi connectivity index (χ1n) is 6.21. The van der Waals surface area contributed by atoms with Gasteiger partial charge in [0, 0.05) is 5.69 Å². The number of fused-ring (bicyclic) bond motifs is 1. The summed E-state index contributed by atoms with van der Waals surface area (Å²) in [6.07, 6.45) is 0.302. The number of hydrogen-bond donors (Lipinski definition) is 2. The van der Waals surface area contributed by atoms with Crippen molar-refractivity contribution in [1.29, 1.82) is 0 Å². The van der Waals surface area contributed by atoms with Crippen molar-refractivity contribution in [2.45, 2.75) is 33.2 Å². The Morgan fingerprint density at radius 2 is 2.15 bits per heavy atom. The molecule has 1 atom stereocenters. The second-order valence-corrected chi connectivity index (χ2v) is 4.53. The number of carboxylic acid groups (broad SMARTS) is 1. The van der Waals surface area contributed by atoms with Gasteiger partial charge in [-0.3, -0.25) is 4.79 Å². The number of nitrogens with zero attached hydrogens (tertiary/aromatic N) is 2. The van der Waals surface area contributed by atoms with Gasteiger partial charge in [0.1, 0.15) is 6.04 Å². The molecule has 7 nitrogen and oxygen atoms in total. The van der Waals surface area contributed by atoms with Gasteiger partial charge in [0.25, 0.3) is 11.6 Å². The molecule has 106 valence electrons. The third-order valence-corrected chi connectivity index (χ3v) is 3.00. The number of pyridine rings is 1. The highest BCUT2D eigenvalue weighted by Gasteiger charge is 2.22. The molecule has 0 spiro atoms. The molecule has 2 rings (SSSR count). The van der Waals surface area contributed by atoms with Crippen LogP contribution in [0, 0.1) is 13.8 Å². The maximum Gasteiger partial charge on any atom is 0.326 e. The largest absolute Gasteiger partial charge is 0.480 e. The monoisotopic (exact) mass is 277 g/mol. The number of hydrogen-bond acceptors (Lipinski definition) is 5. The van der Waals surface area contributed by atoms with Gasteiger partial charge in [-0.1, -0.05) is 12.1 Å². The number of amides is 1. The Kier molecular flexibility index (Phi) is 3.69. The molecule has 2 heterocycles. The summed E-state index contributed by atoms with van der Waals surface area (Å²) >= 11 is 0. The topological polar surface area (TPSA) is 105 Å². The smallest absolute Gasteiger partial charge is 0.326 e. The first kappa shape index (κ1) is 14.0. The van der Waals surface area contributed by atoms with Crippen molar-refractivity contribution in [3.8, 4) is 0 Å². The van der Waals surface area contributed by atoms with E-state index < -0.39 is 17.9 Å². The van der Waals surface area contributed by atoms with Crippen molar-refractivity contribution >= 4 is 23.0 Å². The van der Waals surface area contributed by atoms with Crippen molar-refractivity contribution in [3.63, 3.8) is 0 Å². The van der Waals surface area contributed by atoms with Crippen LogP contribution >= 0.6 is 0 Å². The molecule has 0 fully saturated rings. The predicted octanol–water partition coefficient (Wildman–Crippen LogP) is 1.43. The van der Waals surface area contributed by atoms with E-state index in [9.17, 15) is 9.59 Å². The minimum Gasteiger partial charge on any atom is -0.480 e. The van der Waals surface area contributed by atoms with Gasteiger partial charge in [0.05, 0.1) is 16.6 Å². The molecule has 0 aliphatic heterocycles. The Labute approximate surface area is 115 Å². The molecule has 0 radical (unpaired) electrons. The highest BCUT2D eigenvalue weighted by atomic mass is 16.5. The van der Waals surface area contributed by atoms with Crippen LogP contribution in [0.3, 0.4) is 0 Å². The second kappa shape index (κ2) is 5.28. The summed E-state index contributed by atoms with van der Waals surface area (Å²) in [5.41, 5.74) is 1.74. The van der Waals surface area contributed by atoms with Crippen molar-refractivity contribution in [1.82, 2.24) is 15.5 Å². The Morgan fingerprint density at radius 3 is 2.75 bits per heavy atom. The molecule has 7 heteroatoms. The van der Waals surface area contributed by atoms with Crippen LogP contribution in [0.15, 0.2) is 10.6 Å². The van der Waals surface area contributed by atoms with E-state index in [0.29, 0.717) is 28.8 Å². The molecule has 0 saturated carbocycles. The van der Waals surface area contributed by atoms with Gasteiger partial charge in [-0.05, 0) is 26.3 Å². The van der Waals surface area contributed by atoms with Crippen molar-refractivity contribution in [2.75, 3.05) is 0 Å². The second-order valence-electron chi connectivity index (χ2n) is 4.53. The summed E-state index contributed by atoms with van der Waals surface area (Å²) in [7, 11) is 0. The number of carbonyl (C=O) groups excluding carboxylic acids is 1. The van der Waals surface area contributed by atoms with Gasteiger partial charge < -0.3 is 14.9 Å². The molecule has 0 aromatic carbocycles. The standard InChI is InChI=1S/C13H15N3O4/c1-4-9(13(18)19)15-11(17)8-5-6(2)14-12-10(8)7(3)16-20-12/h5,9H,4H2,1-3H3,(H,15,17)(H,18,19). The molecule has 2 aromatic rings. The Morgan fingerprint density at radius 1 is 1.45 bits per heavy atom. The molecule has 0 bridgehead atoms. The van der Waals surface area contributed by atoms with E-state index in [1.54, 1.807) is 26.8 Å². The Bertz CT molecular complexity index is 678. The number of nitrogens with one attached hydrogen (secondary N) is 1.